The molecule has 2 amide bonds. The van der Waals surface area contributed by atoms with E-state index in [-0.39, 0.29) is 47.2 Å². The van der Waals surface area contributed by atoms with Crippen molar-refractivity contribution in [2.24, 2.45) is 10.7 Å². The van der Waals surface area contributed by atoms with E-state index in [0.717, 1.165) is 77.0 Å². The number of hydrogen-bond acceptors (Lipinski definition) is 14. The van der Waals surface area contributed by atoms with Crippen LogP contribution < -0.4 is 21.7 Å². The Hall–Kier alpha value is -4.77. The van der Waals surface area contributed by atoms with Gasteiger partial charge in [-0.15, -0.1) is 26.3 Å². The summed E-state index contributed by atoms with van der Waals surface area (Å²) in [6.07, 6.45) is 26.1. The maximum absolute atomic E-state index is 11.7. The number of ether oxygens (including phenoxy) is 4. The summed E-state index contributed by atoms with van der Waals surface area (Å²) in [5.74, 6) is -1.28. The molecule has 0 fully saturated rings. The van der Waals surface area contributed by atoms with Gasteiger partial charge in [0.1, 0.15) is 17.7 Å². The molecule has 0 heterocycles. The Morgan fingerprint density at radius 3 is 1.42 bits per heavy atom. The third-order valence-corrected chi connectivity index (χ3v) is 7.90. The molecular weight excluding hydrogens is 865 g/mol. The summed E-state index contributed by atoms with van der Waals surface area (Å²) < 4.78 is 56.8. The van der Waals surface area contributed by atoms with Gasteiger partial charge in [-0.1, -0.05) is 81.9 Å². The van der Waals surface area contributed by atoms with Crippen LogP contribution in [0.15, 0.2) is 55.6 Å². The molecular formula is C49H92N6O10S. The van der Waals surface area contributed by atoms with Crippen LogP contribution in [0.5, 0.6) is 0 Å². The van der Waals surface area contributed by atoms with Gasteiger partial charge < -0.3 is 35.3 Å². The van der Waals surface area contributed by atoms with E-state index in [1.54, 1.807) is 18.4 Å². The Morgan fingerprint density at radius 2 is 1.06 bits per heavy atom. The minimum atomic E-state index is -2.29. The van der Waals surface area contributed by atoms with Crippen molar-refractivity contribution in [2.45, 2.75) is 176 Å². The highest BCUT2D eigenvalue weighted by Crippen LogP contribution is 2.09. The average Bonchev–Trinajstić information content (AvgIpc) is 3.27. The summed E-state index contributed by atoms with van der Waals surface area (Å²) in [6, 6.07) is 0. The van der Waals surface area contributed by atoms with Crippen LogP contribution in [-0.2, 0) is 47.7 Å². The van der Waals surface area contributed by atoms with Crippen LogP contribution in [-0.4, -0.2) is 98.6 Å². The fraction of sp³-hybridized carbons (Fsp3) is 0.673. The highest BCUT2D eigenvalue weighted by Gasteiger charge is 2.09. The van der Waals surface area contributed by atoms with Crippen LogP contribution in [0, 0.1) is 5.41 Å². The SMILES string of the molecule is C=CCCCCCCCC(=O)NC(=N)SC.C=CCCCCCCCC(=O)NC(N)=NCC(=O)OCCCC=C.CC(C)(C)OC=O.CC(C)(C)OC=O.[2H]C([2H])([2H])NCC(=O)OCCCC=C.[2H]C([2H])[2H]. The first kappa shape index (κ1) is 59.2. The smallest absolute Gasteiger partial charge is 0.327 e. The van der Waals surface area contributed by atoms with Crippen LogP contribution in [0.25, 0.3) is 0 Å². The molecule has 0 saturated carbocycles. The van der Waals surface area contributed by atoms with Crippen molar-refractivity contribution in [3.63, 3.8) is 0 Å². The summed E-state index contributed by atoms with van der Waals surface area (Å²) >= 11 is 1.25. The predicted octanol–water partition coefficient (Wildman–Crippen LogP) is 9.43. The van der Waals surface area contributed by atoms with Gasteiger partial charge in [0.2, 0.25) is 11.8 Å². The number of amides is 2. The van der Waals surface area contributed by atoms with E-state index < -0.39 is 26.3 Å². The molecule has 0 aliphatic carbocycles. The van der Waals surface area contributed by atoms with E-state index in [2.05, 4.69) is 56.7 Å². The normalized spacial score (nSPS) is 11.6. The zero-order valence-electron chi connectivity index (χ0n) is 47.4. The molecule has 0 spiro atoms. The van der Waals surface area contributed by atoms with Gasteiger partial charge >= 0.3 is 11.9 Å². The number of nitrogens with one attached hydrogen (secondary N) is 4. The first-order valence-electron chi connectivity index (χ1n) is 25.4. The molecule has 0 aliphatic heterocycles. The van der Waals surface area contributed by atoms with Crippen molar-refractivity contribution in [3.05, 3.63) is 50.6 Å². The van der Waals surface area contributed by atoms with Gasteiger partial charge in [-0.3, -0.25) is 39.5 Å². The number of esters is 2. The number of hydrogen-bond donors (Lipinski definition) is 5. The molecule has 0 aromatic heterocycles. The molecule has 0 bridgehead atoms. The summed E-state index contributed by atoms with van der Waals surface area (Å²) in [5.41, 5.74) is 4.94. The minimum absolute atomic E-state index is 0.0366. The number of carbonyl (C=O) groups is 6. The minimum Gasteiger partial charge on any atom is -0.465 e. The summed E-state index contributed by atoms with van der Waals surface area (Å²) in [4.78, 5) is 68.2. The van der Waals surface area contributed by atoms with Gasteiger partial charge in [0, 0.05) is 21.1 Å². The third-order valence-electron chi connectivity index (χ3n) is 7.39. The molecule has 0 aliphatic rings. The number of guanidine groups is 1. The van der Waals surface area contributed by atoms with Crippen molar-refractivity contribution in [1.29, 1.82) is 5.41 Å². The number of nitrogens with zero attached hydrogens (tertiary/aromatic N) is 1. The molecule has 0 rings (SSSR count). The van der Waals surface area contributed by atoms with Gasteiger partial charge in [-0.2, -0.15) is 0 Å². The zero-order valence-corrected chi connectivity index (χ0v) is 42.3. The number of aliphatic imine (C=N–C) groups is 1. The van der Waals surface area contributed by atoms with Crippen LogP contribution in [0.3, 0.4) is 0 Å². The molecule has 6 N–H and O–H groups in total. The lowest BCUT2D eigenvalue weighted by atomic mass is 10.1. The second kappa shape index (κ2) is 54.6. The quantitative estimate of drug-likeness (QED) is 0.00859. The Labute approximate surface area is 412 Å². The first-order chi connectivity index (χ1) is 33.6. The molecule has 0 aromatic carbocycles. The van der Waals surface area contributed by atoms with Crippen LogP contribution in [0.1, 0.15) is 173 Å². The average molecular weight is 963 g/mol. The standard InChI is InChI=1S/C18H31N3O3.C12H22N2OS.C8H15NO2.2C5H10O2.CH4/c1-3-5-7-8-9-10-11-13-16(22)21-18(19)20-15-17(23)24-14-12-6-4-2;1-3-4-5-6-7-8-9-10-11(15)14-12(13)16-2;1-3-4-5-6-11-8(10)7-9-2;2*1-5(2,3)7-4-6;/h3-4H,1-2,5-15H2,(H3,19,20,21,22);3H,1,4-10H2,2H3,(H2,13,14,15);3,9H,1,4-7H2,2H3;2*4H,1-3H3;1H4/i;;2D3;;;1D3. The summed E-state index contributed by atoms with van der Waals surface area (Å²) in [7, 11) is -1.42. The van der Waals surface area contributed by atoms with Crippen LogP contribution in [0.2, 0.25) is 0 Å². The number of amidine groups is 1. The number of likely N-dealkylation sites (N-methyl/N-ethyl adjacent to an activating group) is 1. The van der Waals surface area contributed by atoms with E-state index in [1.807, 2.05) is 53.7 Å². The van der Waals surface area contributed by atoms with Crippen molar-refractivity contribution in [1.82, 2.24) is 16.0 Å². The lowest BCUT2D eigenvalue weighted by molar-refractivity contribution is -0.143. The highest BCUT2D eigenvalue weighted by molar-refractivity contribution is 8.13. The molecule has 0 saturated heterocycles. The Balaban J connectivity index is -0.000000198. The molecule has 17 heteroatoms. The van der Waals surface area contributed by atoms with E-state index in [4.69, 9.17) is 28.8 Å². The largest absolute Gasteiger partial charge is 0.465 e. The van der Waals surface area contributed by atoms with Crippen LogP contribution >= 0.6 is 11.8 Å². The fourth-order valence-electron chi connectivity index (χ4n) is 4.13. The van der Waals surface area contributed by atoms with Crippen molar-refractivity contribution < 1.29 is 55.9 Å². The summed E-state index contributed by atoms with van der Waals surface area (Å²) in [6.45, 7) is 24.2. The van der Waals surface area contributed by atoms with E-state index in [0.29, 0.717) is 45.4 Å². The lowest BCUT2D eigenvalue weighted by Crippen LogP contribution is -2.37. The van der Waals surface area contributed by atoms with Crippen molar-refractivity contribution >= 4 is 59.6 Å². The highest BCUT2D eigenvalue weighted by atomic mass is 32.2. The fourth-order valence-corrected chi connectivity index (χ4v) is 4.34. The van der Waals surface area contributed by atoms with Gasteiger partial charge in [0.15, 0.2) is 11.1 Å². The number of thioether (sulfide) groups is 1. The van der Waals surface area contributed by atoms with Crippen molar-refractivity contribution in [3.8, 4) is 0 Å². The van der Waals surface area contributed by atoms with E-state index in [9.17, 15) is 28.8 Å². The van der Waals surface area contributed by atoms with Gasteiger partial charge in [0.05, 0.1) is 19.8 Å². The molecule has 0 aromatic rings. The molecule has 16 nitrogen and oxygen atoms in total. The second-order valence-electron chi connectivity index (χ2n) is 15.8. The predicted molar refractivity (Wildman–Crippen MR) is 274 cm³/mol. The van der Waals surface area contributed by atoms with Gasteiger partial charge in [-0.05, 0) is 119 Å². The molecule has 66 heavy (non-hydrogen) atoms. The Kier molecular flexibility index (Phi) is 49.0. The van der Waals surface area contributed by atoms with E-state index in [1.165, 1.54) is 31.0 Å². The second-order valence-corrected chi connectivity index (χ2v) is 16.6. The van der Waals surface area contributed by atoms with Gasteiger partial charge in [0.25, 0.3) is 12.9 Å². The first-order valence-corrected chi connectivity index (χ1v) is 23.4. The third kappa shape index (κ3) is 76.5. The number of unbranched alkanes of at least 4 members (excludes halogenated alkanes) is 12. The number of rotatable bonds is 30. The Morgan fingerprint density at radius 1 is 0.682 bits per heavy atom. The topological polar surface area (TPSA) is 238 Å². The monoisotopic (exact) mass is 963 g/mol. The van der Waals surface area contributed by atoms with Crippen LogP contribution in [0.4, 0.5) is 0 Å². The molecule has 0 unspecified atom stereocenters. The molecule has 384 valence electrons. The number of allylic oxidation sites excluding steroid dienone is 4. The number of nitrogens with two attached hydrogens (primary N) is 1. The zero-order chi connectivity index (χ0) is 56.7. The van der Waals surface area contributed by atoms with Gasteiger partial charge in [-0.25, -0.2) is 4.99 Å². The van der Waals surface area contributed by atoms with E-state index >= 15 is 0 Å². The maximum atomic E-state index is 11.7. The maximum Gasteiger partial charge on any atom is 0.327 e. The van der Waals surface area contributed by atoms with Crippen molar-refractivity contribution in [2.75, 3.05) is 39.5 Å². The lowest BCUT2D eigenvalue weighted by Gasteiger charge is -2.14. The molecule has 0 atom stereocenters. The molecule has 0 radical (unpaired) electrons. The Bertz CT molecular complexity index is 1460. The summed E-state index contributed by atoms with van der Waals surface area (Å²) in [5, 5.41) is 14.6. The number of carbonyl (C=O) groups excluding carboxylic acids is 6.